The molecule has 1 unspecified atom stereocenters. The fourth-order valence-corrected chi connectivity index (χ4v) is 3.42. The molecule has 24 heavy (non-hydrogen) atoms. The Hall–Kier alpha value is -0.0900. The normalized spacial score (nSPS) is 19.0. The molecule has 1 saturated heterocycles. The van der Waals surface area contributed by atoms with E-state index in [4.69, 9.17) is 9.73 Å². The van der Waals surface area contributed by atoms with Crippen LogP contribution in [0.2, 0.25) is 0 Å². The molecule has 0 aromatic rings. The van der Waals surface area contributed by atoms with Crippen molar-refractivity contribution in [3.05, 3.63) is 0 Å². The number of nitrogens with zero attached hydrogens (tertiary/aromatic N) is 2. The van der Waals surface area contributed by atoms with Crippen molar-refractivity contribution in [3.8, 4) is 0 Å². The van der Waals surface area contributed by atoms with Gasteiger partial charge in [-0.3, -0.25) is 4.99 Å². The number of halogens is 1. The summed E-state index contributed by atoms with van der Waals surface area (Å²) in [6, 6.07) is 0. The summed E-state index contributed by atoms with van der Waals surface area (Å²) in [6.45, 7) is 10.2. The van der Waals surface area contributed by atoms with Crippen LogP contribution in [-0.4, -0.2) is 71.2 Å². The van der Waals surface area contributed by atoms with E-state index in [1.54, 1.807) is 0 Å². The van der Waals surface area contributed by atoms with E-state index < -0.39 is 9.84 Å². The number of hydrogen-bond acceptors (Lipinski definition) is 4. The summed E-state index contributed by atoms with van der Waals surface area (Å²) in [5.74, 6) is 1.65. The summed E-state index contributed by atoms with van der Waals surface area (Å²) >= 11 is 0. The van der Waals surface area contributed by atoms with E-state index in [0.717, 1.165) is 38.7 Å². The molecule has 6 nitrogen and oxygen atoms in total. The standard InChI is InChI=1S/C16H33N3O3S.HI/c1-6-17-15(19(4)11-14-7-9-22-12-14)18-13-16(2,3)8-10-23(5,20)21;/h14H,6-13H2,1-5H3,(H,17,18);1H. The molecule has 0 amide bonds. The highest BCUT2D eigenvalue weighted by molar-refractivity contribution is 14.0. The lowest BCUT2D eigenvalue weighted by molar-refractivity contribution is 0.181. The number of sulfone groups is 1. The second-order valence-electron chi connectivity index (χ2n) is 7.32. The van der Waals surface area contributed by atoms with Gasteiger partial charge in [0.05, 0.1) is 12.4 Å². The SMILES string of the molecule is CCNC(=NCC(C)(C)CCS(C)(=O)=O)N(C)CC1CCOC1.I. The minimum Gasteiger partial charge on any atom is -0.381 e. The Labute approximate surface area is 164 Å². The fourth-order valence-electron chi connectivity index (χ4n) is 2.50. The molecule has 8 heteroatoms. The molecule has 1 N–H and O–H groups in total. The predicted molar refractivity (Wildman–Crippen MR) is 111 cm³/mol. The highest BCUT2D eigenvalue weighted by Crippen LogP contribution is 2.21. The van der Waals surface area contributed by atoms with Gasteiger partial charge in [-0.15, -0.1) is 24.0 Å². The number of hydrogen-bond donors (Lipinski definition) is 1. The van der Waals surface area contributed by atoms with Gasteiger partial charge in [0.15, 0.2) is 5.96 Å². The first kappa shape index (κ1) is 23.9. The monoisotopic (exact) mass is 475 g/mol. The van der Waals surface area contributed by atoms with Crippen LogP contribution in [0, 0.1) is 11.3 Å². The maximum atomic E-state index is 11.4. The topological polar surface area (TPSA) is 71.0 Å². The van der Waals surface area contributed by atoms with Crippen molar-refractivity contribution in [2.45, 2.75) is 33.6 Å². The Morgan fingerprint density at radius 3 is 2.58 bits per heavy atom. The second kappa shape index (κ2) is 10.8. The van der Waals surface area contributed by atoms with E-state index in [-0.39, 0.29) is 35.1 Å². The van der Waals surface area contributed by atoms with E-state index in [0.29, 0.717) is 18.9 Å². The van der Waals surface area contributed by atoms with Crippen LogP contribution in [0.3, 0.4) is 0 Å². The molecule has 0 aromatic heterocycles. The zero-order chi connectivity index (χ0) is 17.5. The minimum atomic E-state index is -2.93. The van der Waals surface area contributed by atoms with Crippen molar-refractivity contribution in [3.63, 3.8) is 0 Å². The molecule has 1 atom stereocenters. The van der Waals surface area contributed by atoms with Gasteiger partial charge in [-0.2, -0.15) is 0 Å². The van der Waals surface area contributed by atoms with Gasteiger partial charge in [0.2, 0.25) is 0 Å². The van der Waals surface area contributed by atoms with Gasteiger partial charge >= 0.3 is 0 Å². The van der Waals surface area contributed by atoms with Crippen molar-refractivity contribution in [2.75, 3.05) is 51.9 Å². The Kier molecular flexibility index (Phi) is 10.8. The minimum absolute atomic E-state index is 0. The van der Waals surface area contributed by atoms with Crippen LogP contribution in [-0.2, 0) is 14.6 Å². The van der Waals surface area contributed by atoms with Gasteiger partial charge in [-0.05, 0) is 25.2 Å². The van der Waals surface area contributed by atoms with Crippen molar-refractivity contribution in [2.24, 2.45) is 16.3 Å². The zero-order valence-corrected chi connectivity index (χ0v) is 18.8. The van der Waals surface area contributed by atoms with Crippen LogP contribution in [0.25, 0.3) is 0 Å². The molecule has 0 bridgehead atoms. The molecule has 0 spiro atoms. The average molecular weight is 475 g/mol. The first-order valence-corrected chi connectivity index (χ1v) is 10.4. The highest BCUT2D eigenvalue weighted by atomic mass is 127. The van der Waals surface area contributed by atoms with E-state index in [1.165, 1.54) is 6.26 Å². The smallest absolute Gasteiger partial charge is 0.193 e. The van der Waals surface area contributed by atoms with E-state index >= 15 is 0 Å². The van der Waals surface area contributed by atoms with Crippen LogP contribution in [0.4, 0.5) is 0 Å². The molecule has 1 aliphatic rings. The number of ether oxygens (including phenoxy) is 1. The summed E-state index contributed by atoms with van der Waals surface area (Å²) < 4.78 is 28.1. The maximum absolute atomic E-state index is 11.4. The highest BCUT2D eigenvalue weighted by Gasteiger charge is 2.22. The lowest BCUT2D eigenvalue weighted by Crippen LogP contribution is -2.42. The van der Waals surface area contributed by atoms with E-state index in [2.05, 4.69) is 31.0 Å². The van der Waals surface area contributed by atoms with Crippen molar-refractivity contribution < 1.29 is 13.2 Å². The third-order valence-electron chi connectivity index (χ3n) is 4.06. The summed E-state index contributed by atoms with van der Waals surface area (Å²) in [5.41, 5.74) is -0.138. The van der Waals surface area contributed by atoms with Crippen LogP contribution in [0.15, 0.2) is 4.99 Å². The van der Waals surface area contributed by atoms with E-state index in [9.17, 15) is 8.42 Å². The van der Waals surface area contributed by atoms with Crippen molar-refractivity contribution in [1.29, 1.82) is 0 Å². The zero-order valence-electron chi connectivity index (χ0n) is 15.7. The average Bonchev–Trinajstić information content (AvgIpc) is 2.93. The first-order chi connectivity index (χ1) is 10.6. The van der Waals surface area contributed by atoms with Gasteiger partial charge in [0, 0.05) is 45.5 Å². The van der Waals surface area contributed by atoms with Gasteiger partial charge in [-0.25, -0.2) is 8.42 Å². The number of aliphatic imine (C=N–C) groups is 1. The summed E-state index contributed by atoms with van der Waals surface area (Å²) in [5, 5.41) is 3.32. The summed E-state index contributed by atoms with van der Waals surface area (Å²) in [7, 11) is -0.882. The number of guanidine groups is 1. The van der Waals surface area contributed by atoms with Gasteiger partial charge in [-0.1, -0.05) is 13.8 Å². The third-order valence-corrected chi connectivity index (χ3v) is 5.00. The predicted octanol–water partition coefficient (Wildman–Crippen LogP) is 2.00. The first-order valence-electron chi connectivity index (χ1n) is 8.38. The van der Waals surface area contributed by atoms with Crippen molar-refractivity contribution >= 4 is 39.8 Å². The van der Waals surface area contributed by atoms with Crippen LogP contribution < -0.4 is 5.32 Å². The third kappa shape index (κ3) is 10.0. The lowest BCUT2D eigenvalue weighted by Gasteiger charge is -2.27. The fraction of sp³-hybridized carbons (Fsp3) is 0.938. The maximum Gasteiger partial charge on any atom is 0.193 e. The molecular weight excluding hydrogens is 441 g/mol. The molecule has 0 saturated carbocycles. The Morgan fingerprint density at radius 1 is 1.42 bits per heavy atom. The molecule has 144 valence electrons. The molecule has 0 radical (unpaired) electrons. The Bertz CT molecular complexity index is 489. The Morgan fingerprint density at radius 2 is 2.08 bits per heavy atom. The molecule has 0 aromatic carbocycles. The largest absolute Gasteiger partial charge is 0.381 e. The molecular formula is C16H34IN3O3S. The summed E-state index contributed by atoms with van der Waals surface area (Å²) in [4.78, 5) is 6.87. The second-order valence-corrected chi connectivity index (χ2v) is 9.58. The number of rotatable bonds is 8. The summed E-state index contributed by atoms with van der Waals surface area (Å²) in [6.07, 6.45) is 3.01. The van der Waals surface area contributed by atoms with Crippen LogP contribution in [0.5, 0.6) is 0 Å². The molecule has 1 fully saturated rings. The molecule has 1 rings (SSSR count). The quantitative estimate of drug-likeness (QED) is 0.331. The number of nitrogens with one attached hydrogen (secondary N) is 1. The van der Waals surface area contributed by atoms with Crippen LogP contribution >= 0.6 is 24.0 Å². The van der Waals surface area contributed by atoms with Gasteiger partial charge in [0.25, 0.3) is 0 Å². The Balaban J connectivity index is 0.00000529. The van der Waals surface area contributed by atoms with Crippen molar-refractivity contribution in [1.82, 2.24) is 10.2 Å². The van der Waals surface area contributed by atoms with Crippen LogP contribution in [0.1, 0.15) is 33.6 Å². The van der Waals surface area contributed by atoms with Gasteiger partial charge < -0.3 is 15.0 Å². The molecule has 1 aliphatic heterocycles. The molecule has 1 heterocycles. The molecule has 0 aliphatic carbocycles. The lowest BCUT2D eigenvalue weighted by atomic mass is 9.90. The van der Waals surface area contributed by atoms with Gasteiger partial charge in [0.1, 0.15) is 9.84 Å². The van der Waals surface area contributed by atoms with E-state index in [1.807, 2.05) is 7.05 Å².